The van der Waals surface area contributed by atoms with Crippen LogP contribution in [-0.4, -0.2) is 27.6 Å². The number of para-hydroxylation sites is 1. The summed E-state index contributed by atoms with van der Waals surface area (Å²) in [5, 5.41) is 6.08. The number of aromatic nitrogens is 3. The average molecular weight is 467 g/mol. The van der Waals surface area contributed by atoms with Gasteiger partial charge in [-0.1, -0.05) is 24.8 Å². The van der Waals surface area contributed by atoms with Crippen molar-refractivity contribution < 1.29 is 22.7 Å². The van der Waals surface area contributed by atoms with Gasteiger partial charge in [0.05, 0.1) is 29.7 Å². The molecule has 2 aromatic heterocycles. The molecular formula is C24H20F3N5O2. The van der Waals surface area contributed by atoms with Gasteiger partial charge in [0.2, 0.25) is 11.9 Å². The van der Waals surface area contributed by atoms with E-state index in [2.05, 4.69) is 27.2 Å². The number of alkyl halides is 3. The fraction of sp³-hybridized carbons (Fsp3) is 0.125. The van der Waals surface area contributed by atoms with Crippen LogP contribution in [0.2, 0.25) is 0 Å². The fourth-order valence-electron chi connectivity index (χ4n) is 3.60. The lowest BCUT2D eigenvalue weighted by Gasteiger charge is -2.18. The summed E-state index contributed by atoms with van der Waals surface area (Å²) in [6.45, 7) is 3.28. The van der Waals surface area contributed by atoms with Crippen LogP contribution < -0.4 is 15.4 Å². The molecule has 0 saturated carbocycles. The van der Waals surface area contributed by atoms with Crippen LogP contribution in [0.1, 0.15) is 5.56 Å². The van der Waals surface area contributed by atoms with Gasteiger partial charge in [0, 0.05) is 35.9 Å². The van der Waals surface area contributed by atoms with Crippen molar-refractivity contribution in [3.05, 3.63) is 73.1 Å². The van der Waals surface area contributed by atoms with E-state index in [-0.39, 0.29) is 17.4 Å². The predicted octanol–water partition coefficient (Wildman–Crippen LogP) is 5.53. The molecule has 4 rings (SSSR count). The second-order valence-corrected chi connectivity index (χ2v) is 7.35. The highest BCUT2D eigenvalue weighted by Crippen LogP contribution is 2.41. The molecule has 0 fully saturated rings. The molecule has 0 atom stereocenters. The summed E-state index contributed by atoms with van der Waals surface area (Å²) in [5.41, 5.74) is 1.16. The molecule has 10 heteroatoms. The second-order valence-electron chi connectivity index (χ2n) is 7.35. The maximum Gasteiger partial charge on any atom is 0.418 e. The van der Waals surface area contributed by atoms with E-state index in [4.69, 9.17) is 4.74 Å². The second kappa shape index (κ2) is 8.89. The van der Waals surface area contributed by atoms with Crippen LogP contribution in [0, 0.1) is 0 Å². The van der Waals surface area contributed by atoms with E-state index in [0.717, 1.165) is 34.7 Å². The standard InChI is InChI=1S/C24H20F3N5O2/c1-4-22(33)29-18-12-19(21(34-3)11-16(18)24(25,26)27)31-23-28-10-9-17(30-23)15-13-32(2)20-8-6-5-7-14(15)20/h4-13H,1H2,2-3H3,(H,29,33)(H,28,30,31). The van der Waals surface area contributed by atoms with Gasteiger partial charge in [-0.2, -0.15) is 13.2 Å². The zero-order chi connectivity index (χ0) is 24.5. The highest BCUT2D eigenvalue weighted by molar-refractivity contribution is 6.00. The Kier molecular flexibility index (Phi) is 5.97. The number of amides is 1. The number of rotatable bonds is 6. The van der Waals surface area contributed by atoms with Gasteiger partial charge in [0.1, 0.15) is 5.75 Å². The quantitative estimate of drug-likeness (QED) is 0.365. The van der Waals surface area contributed by atoms with Gasteiger partial charge in [-0.05, 0) is 30.3 Å². The first-order valence-corrected chi connectivity index (χ1v) is 10.1. The highest BCUT2D eigenvalue weighted by Gasteiger charge is 2.35. The minimum absolute atomic E-state index is 0.0944. The van der Waals surface area contributed by atoms with Crippen LogP contribution in [0.3, 0.4) is 0 Å². The lowest BCUT2D eigenvalue weighted by Crippen LogP contribution is -2.15. The third-order valence-corrected chi connectivity index (χ3v) is 5.16. The van der Waals surface area contributed by atoms with Gasteiger partial charge in [0.15, 0.2) is 0 Å². The van der Waals surface area contributed by atoms with E-state index < -0.39 is 23.3 Å². The van der Waals surface area contributed by atoms with Crippen molar-refractivity contribution in [2.45, 2.75) is 6.18 Å². The Balaban J connectivity index is 1.76. The number of ether oxygens (including phenoxy) is 1. The van der Waals surface area contributed by atoms with Crippen LogP contribution in [0.25, 0.3) is 22.2 Å². The van der Waals surface area contributed by atoms with Gasteiger partial charge >= 0.3 is 6.18 Å². The number of nitrogens with zero attached hydrogens (tertiary/aromatic N) is 3. The molecule has 174 valence electrons. The number of benzene rings is 2. The summed E-state index contributed by atoms with van der Waals surface area (Å²) in [6.07, 6.45) is -0.351. The lowest BCUT2D eigenvalue weighted by atomic mass is 10.1. The maximum atomic E-state index is 13.6. The largest absolute Gasteiger partial charge is 0.495 e. The van der Waals surface area contributed by atoms with Gasteiger partial charge < -0.3 is 19.9 Å². The Bertz CT molecular complexity index is 1400. The van der Waals surface area contributed by atoms with Crippen LogP contribution in [0.4, 0.5) is 30.5 Å². The Hall–Kier alpha value is -4.34. The molecule has 0 radical (unpaired) electrons. The number of anilines is 3. The first-order valence-electron chi connectivity index (χ1n) is 10.1. The highest BCUT2D eigenvalue weighted by atomic mass is 19.4. The van der Waals surface area contributed by atoms with Crippen molar-refractivity contribution in [1.29, 1.82) is 0 Å². The molecule has 34 heavy (non-hydrogen) atoms. The number of hydrogen-bond donors (Lipinski definition) is 2. The number of carbonyl (C=O) groups is 1. The molecule has 0 spiro atoms. The molecule has 2 N–H and O–H groups in total. The molecule has 4 aromatic rings. The lowest BCUT2D eigenvalue weighted by molar-refractivity contribution is -0.137. The molecule has 7 nitrogen and oxygen atoms in total. The number of methoxy groups -OCH3 is 1. The first kappa shape index (κ1) is 22.8. The van der Waals surface area contributed by atoms with E-state index in [1.807, 2.05) is 42.1 Å². The minimum atomic E-state index is -4.72. The molecule has 0 bridgehead atoms. The van der Waals surface area contributed by atoms with Crippen molar-refractivity contribution in [2.75, 3.05) is 17.7 Å². The molecule has 2 heterocycles. The van der Waals surface area contributed by atoms with Gasteiger partial charge in [-0.25, -0.2) is 9.97 Å². The van der Waals surface area contributed by atoms with Crippen molar-refractivity contribution in [3.8, 4) is 17.0 Å². The smallest absolute Gasteiger partial charge is 0.418 e. The summed E-state index contributed by atoms with van der Waals surface area (Å²) >= 11 is 0. The summed E-state index contributed by atoms with van der Waals surface area (Å²) in [4.78, 5) is 20.4. The Labute approximate surface area is 192 Å². The van der Waals surface area contributed by atoms with E-state index in [9.17, 15) is 18.0 Å². The summed E-state index contributed by atoms with van der Waals surface area (Å²) in [5.74, 6) is -0.733. The zero-order valence-corrected chi connectivity index (χ0v) is 18.3. The molecule has 1 amide bonds. The third kappa shape index (κ3) is 4.42. The van der Waals surface area contributed by atoms with Crippen molar-refractivity contribution in [2.24, 2.45) is 7.05 Å². The number of nitrogens with one attached hydrogen (secondary N) is 2. The molecule has 0 aliphatic rings. The van der Waals surface area contributed by atoms with Gasteiger partial charge in [0.25, 0.3) is 0 Å². The van der Waals surface area contributed by atoms with Crippen molar-refractivity contribution >= 4 is 34.1 Å². The number of halogens is 3. The SMILES string of the molecule is C=CC(=O)Nc1cc(Nc2nccc(-c3cn(C)c4ccccc34)n2)c(OC)cc1C(F)(F)F. The third-order valence-electron chi connectivity index (χ3n) is 5.16. The van der Waals surface area contributed by atoms with Crippen LogP contribution >= 0.6 is 0 Å². The molecule has 0 aliphatic heterocycles. The summed E-state index contributed by atoms with van der Waals surface area (Å²) < 4.78 is 47.8. The molecule has 2 aromatic carbocycles. The Morgan fingerprint density at radius 2 is 1.94 bits per heavy atom. The van der Waals surface area contributed by atoms with E-state index in [1.165, 1.54) is 7.11 Å². The van der Waals surface area contributed by atoms with Crippen LogP contribution in [-0.2, 0) is 18.0 Å². The Morgan fingerprint density at radius 1 is 1.18 bits per heavy atom. The van der Waals surface area contributed by atoms with E-state index in [1.54, 1.807) is 12.3 Å². The summed E-state index contributed by atoms with van der Waals surface area (Å²) in [7, 11) is 3.17. The molecule has 0 unspecified atom stereocenters. The van der Waals surface area contributed by atoms with Crippen LogP contribution in [0.5, 0.6) is 5.75 Å². The van der Waals surface area contributed by atoms with E-state index >= 15 is 0 Å². The topological polar surface area (TPSA) is 81.1 Å². The van der Waals surface area contributed by atoms with Gasteiger partial charge in [-0.15, -0.1) is 0 Å². The molecular weight excluding hydrogens is 447 g/mol. The average Bonchev–Trinajstić information content (AvgIpc) is 3.15. The maximum absolute atomic E-state index is 13.6. The monoisotopic (exact) mass is 467 g/mol. The van der Waals surface area contributed by atoms with E-state index in [0.29, 0.717) is 5.69 Å². The van der Waals surface area contributed by atoms with Crippen LogP contribution in [0.15, 0.2) is 67.5 Å². The van der Waals surface area contributed by atoms with Crippen molar-refractivity contribution in [1.82, 2.24) is 14.5 Å². The normalized spacial score (nSPS) is 11.3. The fourth-order valence-corrected chi connectivity index (χ4v) is 3.60. The minimum Gasteiger partial charge on any atom is -0.495 e. The Morgan fingerprint density at radius 3 is 2.65 bits per heavy atom. The van der Waals surface area contributed by atoms with Gasteiger partial charge in [-0.3, -0.25) is 4.79 Å². The predicted molar refractivity (Wildman–Crippen MR) is 124 cm³/mol. The zero-order valence-electron chi connectivity index (χ0n) is 18.3. The van der Waals surface area contributed by atoms with Crippen molar-refractivity contribution in [3.63, 3.8) is 0 Å². The number of fused-ring (bicyclic) bond motifs is 1. The molecule has 0 saturated heterocycles. The summed E-state index contributed by atoms with van der Waals surface area (Å²) in [6, 6.07) is 11.5. The number of aryl methyl sites for hydroxylation is 1. The molecule has 0 aliphatic carbocycles. The first-order chi connectivity index (χ1) is 16.2. The number of hydrogen-bond acceptors (Lipinski definition) is 5. The number of carbonyl (C=O) groups excluding carboxylic acids is 1.